The first-order valence-electron chi connectivity index (χ1n) is 9.17. The normalized spacial score (nSPS) is 10.4. The van der Waals surface area contributed by atoms with Crippen molar-refractivity contribution in [3.05, 3.63) is 81.4 Å². The quantitative estimate of drug-likeness (QED) is 0.472. The van der Waals surface area contributed by atoms with E-state index in [1.54, 1.807) is 24.3 Å². The molecule has 0 unspecified atom stereocenters. The van der Waals surface area contributed by atoms with E-state index in [4.69, 9.17) is 0 Å². The zero-order valence-electron chi connectivity index (χ0n) is 16.5. The molecule has 0 spiro atoms. The fourth-order valence-corrected chi connectivity index (χ4v) is 3.24. The summed E-state index contributed by atoms with van der Waals surface area (Å²) in [6, 6.07) is 15.9. The molecule has 1 heterocycles. The van der Waals surface area contributed by atoms with Gasteiger partial charge in [-0.3, -0.25) is 14.9 Å². The molecule has 1 aromatic heterocycles. The number of aryl methyl sites for hydroxylation is 3. The molecule has 0 radical (unpaired) electrons. The summed E-state index contributed by atoms with van der Waals surface area (Å²) in [6.45, 7) is 5.91. The van der Waals surface area contributed by atoms with Gasteiger partial charge in [-0.1, -0.05) is 48.0 Å². The second kappa shape index (κ2) is 8.52. The highest BCUT2D eigenvalue weighted by Gasteiger charge is 2.18. The lowest BCUT2D eigenvalue weighted by molar-refractivity contribution is -0.384. The lowest BCUT2D eigenvalue weighted by atomic mass is 10.1. The summed E-state index contributed by atoms with van der Waals surface area (Å²) in [5.74, 6) is 0.170. The van der Waals surface area contributed by atoms with Crippen LogP contribution in [0, 0.1) is 30.9 Å². The summed E-state index contributed by atoms with van der Waals surface area (Å²) >= 11 is 0. The Morgan fingerprint density at radius 2 is 1.69 bits per heavy atom. The lowest BCUT2D eigenvalue weighted by Crippen LogP contribution is -2.23. The Morgan fingerprint density at radius 3 is 2.31 bits per heavy atom. The first kappa shape index (κ1) is 20.0. The van der Waals surface area contributed by atoms with Crippen molar-refractivity contribution in [3.63, 3.8) is 0 Å². The van der Waals surface area contributed by atoms with Crippen LogP contribution in [0.2, 0.25) is 0 Å². The van der Waals surface area contributed by atoms with Crippen LogP contribution in [-0.2, 0) is 4.79 Å². The molecule has 29 heavy (non-hydrogen) atoms. The number of carbonyl (C=O) groups is 1. The Morgan fingerprint density at radius 1 is 1.03 bits per heavy atom. The predicted molar refractivity (Wildman–Crippen MR) is 114 cm³/mol. The molecule has 3 aromatic rings. The Hall–Kier alpha value is -3.74. The number of nitrogens with zero attached hydrogens (tertiary/aromatic N) is 2. The minimum atomic E-state index is -0.464. The van der Waals surface area contributed by atoms with E-state index in [0.29, 0.717) is 11.4 Å². The third-order valence-electron chi connectivity index (χ3n) is 4.49. The highest BCUT2D eigenvalue weighted by atomic mass is 16.6. The van der Waals surface area contributed by atoms with Crippen LogP contribution in [0.4, 0.5) is 17.2 Å². The Kier molecular flexibility index (Phi) is 5.87. The number of carbonyl (C=O) groups excluding carboxylic acids is 1. The Bertz CT molecular complexity index is 1040. The molecule has 2 aromatic carbocycles. The number of rotatable bonds is 6. The molecule has 0 atom stereocenters. The fourth-order valence-electron chi connectivity index (χ4n) is 3.24. The molecule has 0 aliphatic rings. The average Bonchev–Trinajstić information content (AvgIpc) is 2.69. The van der Waals surface area contributed by atoms with Crippen molar-refractivity contribution in [3.8, 4) is 11.3 Å². The van der Waals surface area contributed by atoms with Crippen molar-refractivity contribution in [1.29, 1.82) is 0 Å². The van der Waals surface area contributed by atoms with Gasteiger partial charge in [0.2, 0.25) is 5.91 Å². The van der Waals surface area contributed by atoms with E-state index < -0.39 is 4.92 Å². The molecule has 7 heteroatoms. The molecule has 0 saturated heterocycles. The molecule has 148 valence electrons. The number of amides is 1. The maximum atomic E-state index is 12.4. The molecule has 0 saturated carbocycles. The van der Waals surface area contributed by atoms with Gasteiger partial charge in [-0.05, 0) is 38.0 Å². The predicted octanol–water partition coefficient (Wildman–Crippen LogP) is 4.63. The summed E-state index contributed by atoms with van der Waals surface area (Å²) < 4.78 is 0. The zero-order chi connectivity index (χ0) is 21.0. The second-order valence-corrected chi connectivity index (χ2v) is 6.86. The number of pyridine rings is 1. The molecule has 3 rings (SSSR count). The molecule has 0 aliphatic carbocycles. The minimum Gasteiger partial charge on any atom is -0.361 e. The number of benzene rings is 2. The summed E-state index contributed by atoms with van der Waals surface area (Å²) in [5.41, 5.74) is 4.73. The highest BCUT2D eigenvalue weighted by Crippen LogP contribution is 2.29. The second-order valence-electron chi connectivity index (χ2n) is 6.86. The number of hydrogen-bond donors (Lipinski definition) is 2. The number of nitro groups is 1. The third-order valence-corrected chi connectivity index (χ3v) is 4.49. The van der Waals surface area contributed by atoms with Crippen LogP contribution >= 0.6 is 0 Å². The largest absolute Gasteiger partial charge is 0.361 e. The zero-order valence-corrected chi connectivity index (χ0v) is 16.5. The standard InChI is InChI=1S/C22H22N4O3/c1-14-11-15(2)21(16(3)12-14)25-20(27)13-23-19-10-9-18(26(28)29)22(24-19)17-7-5-4-6-8-17/h4-12H,13H2,1-3H3,(H,23,24)(H,25,27). The monoisotopic (exact) mass is 390 g/mol. The molecule has 0 fully saturated rings. The van der Waals surface area contributed by atoms with E-state index in [2.05, 4.69) is 15.6 Å². The van der Waals surface area contributed by atoms with Crippen molar-refractivity contribution in [2.24, 2.45) is 0 Å². The van der Waals surface area contributed by atoms with Crippen LogP contribution in [0.1, 0.15) is 16.7 Å². The molecular weight excluding hydrogens is 368 g/mol. The van der Waals surface area contributed by atoms with Gasteiger partial charge in [-0.15, -0.1) is 0 Å². The molecule has 1 amide bonds. The van der Waals surface area contributed by atoms with E-state index in [-0.39, 0.29) is 23.8 Å². The summed E-state index contributed by atoms with van der Waals surface area (Å²) in [7, 11) is 0. The topological polar surface area (TPSA) is 97.2 Å². The molecule has 7 nitrogen and oxygen atoms in total. The van der Waals surface area contributed by atoms with Crippen molar-refractivity contribution in [1.82, 2.24) is 4.98 Å². The molecule has 2 N–H and O–H groups in total. The molecule has 0 aliphatic heterocycles. The van der Waals surface area contributed by atoms with Crippen molar-refractivity contribution in [2.45, 2.75) is 20.8 Å². The van der Waals surface area contributed by atoms with Gasteiger partial charge in [0.25, 0.3) is 5.69 Å². The van der Waals surface area contributed by atoms with Gasteiger partial charge in [-0.2, -0.15) is 0 Å². The average molecular weight is 390 g/mol. The number of anilines is 2. The van der Waals surface area contributed by atoms with E-state index in [1.807, 2.05) is 39.0 Å². The number of aromatic nitrogens is 1. The van der Waals surface area contributed by atoms with Gasteiger partial charge in [0.05, 0.1) is 11.5 Å². The summed E-state index contributed by atoms with van der Waals surface area (Å²) in [5, 5.41) is 17.2. The first-order chi connectivity index (χ1) is 13.8. The maximum absolute atomic E-state index is 12.4. The van der Waals surface area contributed by atoms with Crippen molar-refractivity contribution >= 4 is 23.1 Å². The van der Waals surface area contributed by atoms with E-state index >= 15 is 0 Å². The Labute approximate surface area is 169 Å². The van der Waals surface area contributed by atoms with Gasteiger partial charge < -0.3 is 10.6 Å². The number of hydrogen-bond acceptors (Lipinski definition) is 5. The number of nitrogens with one attached hydrogen (secondary N) is 2. The van der Waals surface area contributed by atoms with Crippen LogP contribution in [-0.4, -0.2) is 22.4 Å². The third kappa shape index (κ3) is 4.76. The van der Waals surface area contributed by atoms with E-state index in [0.717, 1.165) is 22.4 Å². The van der Waals surface area contributed by atoms with Gasteiger partial charge in [-0.25, -0.2) is 4.98 Å². The fraction of sp³-hybridized carbons (Fsp3) is 0.182. The smallest absolute Gasteiger partial charge is 0.295 e. The van der Waals surface area contributed by atoms with Crippen molar-refractivity contribution < 1.29 is 9.72 Å². The van der Waals surface area contributed by atoms with Crippen LogP contribution < -0.4 is 10.6 Å². The van der Waals surface area contributed by atoms with Crippen LogP contribution in [0.25, 0.3) is 11.3 Å². The molecular formula is C22H22N4O3. The minimum absolute atomic E-state index is 0.00814. The molecule has 0 bridgehead atoms. The summed E-state index contributed by atoms with van der Waals surface area (Å²) in [6.07, 6.45) is 0. The van der Waals surface area contributed by atoms with E-state index in [1.165, 1.54) is 12.1 Å². The highest BCUT2D eigenvalue weighted by molar-refractivity contribution is 5.95. The first-order valence-corrected chi connectivity index (χ1v) is 9.17. The van der Waals surface area contributed by atoms with Crippen LogP contribution in [0.3, 0.4) is 0 Å². The van der Waals surface area contributed by atoms with E-state index in [9.17, 15) is 14.9 Å². The lowest BCUT2D eigenvalue weighted by Gasteiger charge is -2.13. The van der Waals surface area contributed by atoms with Crippen molar-refractivity contribution in [2.75, 3.05) is 17.2 Å². The Balaban J connectivity index is 1.76. The van der Waals surface area contributed by atoms with Crippen LogP contribution in [0.15, 0.2) is 54.6 Å². The SMILES string of the molecule is Cc1cc(C)c(NC(=O)CNc2ccc([N+](=O)[O-])c(-c3ccccc3)n2)c(C)c1. The maximum Gasteiger partial charge on any atom is 0.295 e. The van der Waals surface area contributed by atoms with Gasteiger partial charge in [0.1, 0.15) is 5.82 Å². The summed E-state index contributed by atoms with van der Waals surface area (Å²) in [4.78, 5) is 27.6. The van der Waals surface area contributed by atoms with Crippen LogP contribution in [0.5, 0.6) is 0 Å². The van der Waals surface area contributed by atoms with Gasteiger partial charge in [0.15, 0.2) is 5.69 Å². The van der Waals surface area contributed by atoms with Gasteiger partial charge in [0, 0.05) is 17.3 Å². The van der Waals surface area contributed by atoms with Gasteiger partial charge >= 0.3 is 0 Å².